The summed E-state index contributed by atoms with van der Waals surface area (Å²) in [6.45, 7) is 2.10. The number of rotatable bonds is 3. The molecule has 3 aromatic rings. The van der Waals surface area contributed by atoms with E-state index < -0.39 is 0 Å². The summed E-state index contributed by atoms with van der Waals surface area (Å²) in [5.74, 6) is 0. The summed E-state index contributed by atoms with van der Waals surface area (Å²) in [5.41, 5.74) is 4.53. The molecule has 0 aliphatic carbocycles. The van der Waals surface area contributed by atoms with Crippen molar-refractivity contribution in [2.24, 2.45) is 7.05 Å². The molecule has 1 aliphatic heterocycles. The zero-order valence-electron chi connectivity index (χ0n) is 14.3. The second kappa shape index (κ2) is 6.33. The van der Waals surface area contributed by atoms with Crippen molar-refractivity contribution in [3.05, 3.63) is 83.9 Å². The summed E-state index contributed by atoms with van der Waals surface area (Å²) >= 11 is 5.71. The van der Waals surface area contributed by atoms with E-state index in [4.69, 9.17) is 12.2 Å². The molecule has 0 saturated carbocycles. The van der Waals surface area contributed by atoms with Crippen LogP contribution >= 0.6 is 12.2 Å². The maximum Gasteiger partial charge on any atom is 0.174 e. The molecule has 1 aliphatic rings. The second-order valence-corrected chi connectivity index (χ2v) is 6.83. The van der Waals surface area contributed by atoms with Crippen LogP contribution in [0.25, 0.3) is 0 Å². The molecule has 4 rings (SSSR count). The number of nitrogens with zero attached hydrogens (tertiary/aromatic N) is 3. The smallest absolute Gasteiger partial charge is 0.174 e. The second-order valence-electron chi connectivity index (χ2n) is 6.45. The first-order chi connectivity index (χ1) is 12.1. The number of nitrogens with one attached hydrogen (secondary N) is 1. The van der Waals surface area contributed by atoms with Crippen molar-refractivity contribution >= 4 is 23.0 Å². The van der Waals surface area contributed by atoms with Gasteiger partial charge in [0.15, 0.2) is 5.11 Å². The maximum absolute atomic E-state index is 5.71. The Labute approximate surface area is 153 Å². The molecular formula is C20H20N4S. The predicted molar refractivity (Wildman–Crippen MR) is 105 cm³/mol. The molecule has 0 amide bonds. The van der Waals surface area contributed by atoms with Crippen LogP contribution in [0.4, 0.5) is 5.69 Å². The molecule has 3 heterocycles. The van der Waals surface area contributed by atoms with E-state index in [1.807, 2.05) is 25.4 Å². The van der Waals surface area contributed by atoms with E-state index in [0.717, 1.165) is 16.5 Å². The fourth-order valence-electron chi connectivity index (χ4n) is 3.45. The summed E-state index contributed by atoms with van der Waals surface area (Å²) in [6.07, 6.45) is 6.05. The number of aryl methyl sites for hydroxylation is 2. The Bertz CT molecular complexity index is 903. The van der Waals surface area contributed by atoms with Gasteiger partial charge in [0.2, 0.25) is 0 Å². The normalized spacial score (nSPS) is 19.9. The van der Waals surface area contributed by atoms with Gasteiger partial charge >= 0.3 is 0 Å². The molecule has 1 fully saturated rings. The van der Waals surface area contributed by atoms with E-state index in [2.05, 4.69) is 75.5 Å². The van der Waals surface area contributed by atoms with Crippen LogP contribution in [0.5, 0.6) is 0 Å². The zero-order chi connectivity index (χ0) is 17.4. The Balaban J connectivity index is 1.83. The van der Waals surface area contributed by atoms with Crippen molar-refractivity contribution in [2.75, 3.05) is 4.90 Å². The van der Waals surface area contributed by atoms with Crippen LogP contribution in [0.3, 0.4) is 0 Å². The number of thiocarbonyl (C=S) groups is 1. The summed E-state index contributed by atoms with van der Waals surface area (Å²) in [7, 11) is 2.04. The van der Waals surface area contributed by atoms with Crippen molar-refractivity contribution in [1.82, 2.24) is 14.9 Å². The van der Waals surface area contributed by atoms with E-state index in [1.165, 1.54) is 11.1 Å². The minimum Gasteiger partial charge on any atom is -0.357 e. The van der Waals surface area contributed by atoms with E-state index >= 15 is 0 Å². The van der Waals surface area contributed by atoms with E-state index in [9.17, 15) is 0 Å². The van der Waals surface area contributed by atoms with Crippen molar-refractivity contribution in [3.63, 3.8) is 0 Å². The summed E-state index contributed by atoms with van der Waals surface area (Å²) in [5, 5.41) is 4.21. The van der Waals surface area contributed by atoms with Gasteiger partial charge in [0.05, 0.1) is 17.8 Å². The first-order valence-corrected chi connectivity index (χ1v) is 8.73. The molecule has 1 saturated heterocycles. The van der Waals surface area contributed by atoms with Crippen LogP contribution < -0.4 is 10.2 Å². The molecule has 0 bridgehead atoms. The highest BCUT2D eigenvalue weighted by Crippen LogP contribution is 2.41. The lowest BCUT2D eigenvalue weighted by molar-refractivity contribution is 0.567. The Morgan fingerprint density at radius 1 is 1.12 bits per heavy atom. The largest absolute Gasteiger partial charge is 0.357 e. The molecular weight excluding hydrogens is 328 g/mol. The van der Waals surface area contributed by atoms with Crippen LogP contribution in [0, 0.1) is 6.92 Å². The van der Waals surface area contributed by atoms with Crippen LogP contribution in [-0.2, 0) is 7.05 Å². The molecule has 2 aromatic heterocycles. The van der Waals surface area contributed by atoms with Crippen LogP contribution in [0.15, 0.2) is 67.1 Å². The fraction of sp³-hybridized carbons (Fsp3) is 0.200. The van der Waals surface area contributed by atoms with Gasteiger partial charge < -0.3 is 14.8 Å². The Morgan fingerprint density at radius 3 is 2.68 bits per heavy atom. The molecule has 1 aromatic carbocycles. The van der Waals surface area contributed by atoms with Gasteiger partial charge in [-0.15, -0.1) is 0 Å². The summed E-state index contributed by atoms with van der Waals surface area (Å²) in [4.78, 5) is 6.77. The lowest BCUT2D eigenvalue weighted by Crippen LogP contribution is -2.29. The lowest BCUT2D eigenvalue weighted by atomic mass is 9.98. The average Bonchev–Trinajstić information content (AvgIpc) is 3.18. The van der Waals surface area contributed by atoms with Gasteiger partial charge in [-0.3, -0.25) is 4.98 Å². The summed E-state index contributed by atoms with van der Waals surface area (Å²) in [6, 6.07) is 16.7. The molecule has 1 N–H and O–H groups in total. The standard InChI is InChI=1S/C20H20N4S/c1-14-6-5-7-16(12-14)24-19(15-9-11-23(2)13-15)18(22-20(24)25)17-8-3-4-10-21-17/h3-13,18-19H,1-2H3,(H,22,25). The van der Waals surface area contributed by atoms with Crippen molar-refractivity contribution in [2.45, 2.75) is 19.0 Å². The average molecular weight is 348 g/mol. The molecule has 2 atom stereocenters. The van der Waals surface area contributed by atoms with Gasteiger partial charge in [-0.05, 0) is 60.6 Å². The summed E-state index contributed by atoms with van der Waals surface area (Å²) < 4.78 is 2.07. The number of aromatic nitrogens is 2. The molecule has 2 unspecified atom stereocenters. The Morgan fingerprint density at radius 2 is 2.00 bits per heavy atom. The lowest BCUT2D eigenvalue weighted by Gasteiger charge is -2.27. The third kappa shape index (κ3) is 2.91. The number of benzene rings is 1. The van der Waals surface area contributed by atoms with Gasteiger partial charge in [-0.1, -0.05) is 18.2 Å². The van der Waals surface area contributed by atoms with Crippen molar-refractivity contribution in [3.8, 4) is 0 Å². The highest BCUT2D eigenvalue weighted by Gasteiger charge is 2.40. The number of hydrogen-bond acceptors (Lipinski definition) is 2. The zero-order valence-corrected chi connectivity index (χ0v) is 15.1. The quantitative estimate of drug-likeness (QED) is 0.728. The van der Waals surface area contributed by atoms with Crippen molar-refractivity contribution in [1.29, 1.82) is 0 Å². The SMILES string of the molecule is Cc1cccc(N2C(=S)NC(c3ccccn3)C2c2ccn(C)c2)c1. The van der Waals surface area contributed by atoms with Crippen LogP contribution in [0.1, 0.15) is 28.9 Å². The number of hydrogen-bond donors (Lipinski definition) is 1. The molecule has 0 spiro atoms. The van der Waals surface area contributed by atoms with Gasteiger partial charge in [0.1, 0.15) is 0 Å². The fourth-order valence-corrected chi connectivity index (χ4v) is 3.80. The minimum absolute atomic E-state index is 0.0108. The molecule has 126 valence electrons. The highest BCUT2D eigenvalue weighted by atomic mass is 32.1. The molecule has 25 heavy (non-hydrogen) atoms. The van der Waals surface area contributed by atoms with Crippen molar-refractivity contribution < 1.29 is 0 Å². The Hall–Kier alpha value is -2.66. The first kappa shape index (κ1) is 15.8. The van der Waals surface area contributed by atoms with E-state index in [1.54, 1.807) is 0 Å². The first-order valence-electron chi connectivity index (χ1n) is 8.33. The number of pyridine rings is 1. The highest BCUT2D eigenvalue weighted by molar-refractivity contribution is 7.80. The third-order valence-electron chi connectivity index (χ3n) is 4.57. The van der Waals surface area contributed by atoms with Gasteiger partial charge in [-0.2, -0.15) is 0 Å². The number of anilines is 1. The van der Waals surface area contributed by atoms with Crippen LogP contribution in [0.2, 0.25) is 0 Å². The topological polar surface area (TPSA) is 33.1 Å². The molecule has 5 heteroatoms. The van der Waals surface area contributed by atoms with Gasteiger partial charge in [0.25, 0.3) is 0 Å². The minimum atomic E-state index is 0.0108. The van der Waals surface area contributed by atoms with E-state index in [-0.39, 0.29) is 12.1 Å². The Kier molecular flexibility index (Phi) is 4.01. The monoisotopic (exact) mass is 348 g/mol. The maximum atomic E-state index is 5.71. The third-order valence-corrected chi connectivity index (χ3v) is 4.89. The molecule has 0 radical (unpaired) electrons. The van der Waals surface area contributed by atoms with Gasteiger partial charge in [0, 0.05) is 31.3 Å². The van der Waals surface area contributed by atoms with Gasteiger partial charge in [-0.25, -0.2) is 0 Å². The molecule has 4 nitrogen and oxygen atoms in total. The predicted octanol–water partition coefficient (Wildman–Crippen LogP) is 3.91. The van der Waals surface area contributed by atoms with E-state index in [0.29, 0.717) is 0 Å². The van der Waals surface area contributed by atoms with Crippen LogP contribution in [-0.4, -0.2) is 14.7 Å².